The molecule has 0 radical (unpaired) electrons. The third kappa shape index (κ3) is 6.24. The van der Waals surface area contributed by atoms with Crippen LogP contribution < -0.4 is 5.32 Å². The molecule has 2 unspecified atom stereocenters. The van der Waals surface area contributed by atoms with Crippen LogP contribution in [0.2, 0.25) is 0 Å². The molecule has 1 aromatic rings. The quantitative estimate of drug-likeness (QED) is 0.828. The van der Waals surface area contributed by atoms with E-state index in [4.69, 9.17) is 5.11 Å². The summed E-state index contributed by atoms with van der Waals surface area (Å²) >= 11 is 0. The van der Waals surface area contributed by atoms with Crippen LogP contribution in [0, 0.1) is 5.41 Å². The topological polar surface area (TPSA) is 72.9 Å². The summed E-state index contributed by atoms with van der Waals surface area (Å²) in [5, 5.41) is 12.2. The number of likely N-dealkylation sites (N-methyl/N-ethyl adjacent to an activating group) is 1. The van der Waals surface area contributed by atoms with Gasteiger partial charge in [-0.1, -0.05) is 51.1 Å². The van der Waals surface area contributed by atoms with E-state index in [1.165, 1.54) is 0 Å². The van der Waals surface area contributed by atoms with Gasteiger partial charge < -0.3 is 15.3 Å². The second kappa shape index (κ2) is 9.22. The van der Waals surface area contributed by atoms with Crippen LogP contribution in [0.15, 0.2) is 30.3 Å². The third-order valence-corrected chi connectivity index (χ3v) is 5.26. The standard InChI is InChI=1S/C21H33N3O3/c1-21(2,3)19(16-9-6-5-7-10-16)22-20(27)24-13-8-11-17(12-14-24)23(4)15-18(25)26/h5-7,9-10,17,19H,8,11-15H2,1-4H3,(H,22,27)(H,25,26). The molecule has 6 heteroatoms. The van der Waals surface area contributed by atoms with E-state index in [0.29, 0.717) is 13.1 Å². The van der Waals surface area contributed by atoms with Gasteiger partial charge in [-0.3, -0.25) is 9.69 Å². The van der Waals surface area contributed by atoms with Crippen molar-refractivity contribution < 1.29 is 14.7 Å². The van der Waals surface area contributed by atoms with Crippen LogP contribution in [0.5, 0.6) is 0 Å². The van der Waals surface area contributed by atoms with E-state index in [2.05, 4.69) is 38.2 Å². The molecule has 0 saturated carbocycles. The van der Waals surface area contributed by atoms with Crippen LogP contribution >= 0.6 is 0 Å². The Labute approximate surface area is 162 Å². The molecule has 150 valence electrons. The van der Waals surface area contributed by atoms with Crippen molar-refractivity contribution in [1.82, 2.24) is 15.1 Å². The first kappa shape index (κ1) is 21.2. The highest BCUT2D eigenvalue weighted by atomic mass is 16.4. The second-order valence-electron chi connectivity index (χ2n) is 8.54. The fourth-order valence-electron chi connectivity index (χ4n) is 3.73. The summed E-state index contributed by atoms with van der Waals surface area (Å²) in [5.41, 5.74) is 1.000. The van der Waals surface area contributed by atoms with Crippen molar-refractivity contribution >= 4 is 12.0 Å². The maximum Gasteiger partial charge on any atom is 0.317 e. The molecular formula is C21H33N3O3. The minimum Gasteiger partial charge on any atom is -0.480 e. The normalized spacial score (nSPS) is 19.4. The number of nitrogens with zero attached hydrogens (tertiary/aromatic N) is 2. The van der Waals surface area contributed by atoms with Crippen molar-refractivity contribution in [3.63, 3.8) is 0 Å². The molecule has 0 aliphatic carbocycles. The van der Waals surface area contributed by atoms with Gasteiger partial charge in [0.25, 0.3) is 0 Å². The van der Waals surface area contributed by atoms with Crippen LogP contribution in [0.25, 0.3) is 0 Å². The van der Waals surface area contributed by atoms with Crippen LogP contribution in [-0.2, 0) is 4.79 Å². The van der Waals surface area contributed by atoms with Crippen molar-refractivity contribution in [2.45, 2.75) is 52.1 Å². The first-order chi connectivity index (χ1) is 12.7. The van der Waals surface area contributed by atoms with Gasteiger partial charge in [-0.05, 0) is 37.3 Å². The van der Waals surface area contributed by atoms with Gasteiger partial charge in [0, 0.05) is 19.1 Å². The van der Waals surface area contributed by atoms with Crippen molar-refractivity contribution in [1.29, 1.82) is 0 Å². The molecule has 27 heavy (non-hydrogen) atoms. The van der Waals surface area contributed by atoms with Crippen molar-refractivity contribution in [3.05, 3.63) is 35.9 Å². The van der Waals surface area contributed by atoms with Gasteiger partial charge in [0.15, 0.2) is 0 Å². The fourth-order valence-corrected chi connectivity index (χ4v) is 3.73. The van der Waals surface area contributed by atoms with Crippen LogP contribution in [0.4, 0.5) is 4.79 Å². The van der Waals surface area contributed by atoms with Crippen molar-refractivity contribution in [3.8, 4) is 0 Å². The van der Waals surface area contributed by atoms with E-state index < -0.39 is 5.97 Å². The maximum absolute atomic E-state index is 12.9. The Bertz CT molecular complexity index is 627. The zero-order valence-corrected chi connectivity index (χ0v) is 16.9. The zero-order chi connectivity index (χ0) is 20.0. The Morgan fingerprint density at radius 1 is 1.22 bits per heavy atom. The summed E-state index contributed by atoms with van der Waals surface area (Å²) in [6.45, 7) is 7.77. The van der Waals surface area contributed by atoms with Crippen molar-refractivity contribution in [2.75, 3.05) is 26.7 Å². The third-order valence-electron chi connectivity index (χ3n) is 5.26. The predicted molar refractivity (Wildman–Crippen MR) is 107 cm³/mol. The number of carboxylic acids is 1. The summed E-state index contributed by atoms with van der Waals surface area (Å²) < 4.78 is 0. The lowest BCUT2D eigenvalue weighted by molar-refractivity contribution is -0.138. The molecular weight excluding hydrogens is 342 g/mol. The van der Waals surface area contributed by atoms with Gasteiger partial charge >= 0.3 is 12.0 Å². The van der Waals surface area contributed by atoms with Gasteiger partial charge in [-0.25, -0.2) is 4.79 Å². The second-order valence-corrected chi connectivity index (χ2v) is 8.54. The minimum atomic E-state index is -0.813. The Hall–Kier alpha value is -2.08. The number of carbonyl (C=O) groups excluding carboxylic acids is 1. The number of nitrogens with one attached hydrogen (secondary N) is 1. The molecule has 1 aliphatic rings. The maximum atomic E-state index is 12.9. The molecule has 0 spiro atoms. The number of amides is 2. The Morgan fingerprint density at radius 2 is 1.89 bits per heavy atom. The zero-order valence-electron chi connectivity index (χ0n) is 16.9. The summed E-state index contributed by atoms with van der Waals surface area (Å²) in [7, 11) is 1.85. The molecule has 2 rings (SSSR count). The first-order valence-corrected chi connectivity index (χ1v) is 9.71. The van der Waals surface area contributed by atoms with Gasteiger partial charge in [-0.15, -0.1) is 0 Å². The minimum absolute atomic E-state index is 0.0387. The molecule has 2 atom stereocenters. The fraction of sp³-hybridized carbons (Fsp3) is 0.619. The van der Waals surface area contributed by atoms with E-state index >= 15 is 0 Å². The Balaban J connectivity index is 2.01. The molecule has 1 aliphatic heterocycles. The van der Waals surface area contributed by atoms with Gasteiger partial charge in [0.05, 0.1) is 12.6 Å². The SMILES string of the molecule is CN(CC(=O)O)C1CCCN(C(=O)NC(c2ccccc2)C(C)(C)C)CC1. The monoisotopic (exact) mass is 375 g/mol. The van der Waals surface area contributed by atoms with E-state index in [1.54, 1.807) is 0 Å². The van der Waals surface area contributed by atoms with E-state index in [1.807, 2.05) is 35.0 Å². The number of carboxylic acid groups (broad SMARTS) is 1. The summed E-state index contributed by atoms with van der Waals surface area (Å²) in [6, 6.07) is 10.2. The Morgan fingerprint density at radius 3 is 2.48 bits per heavy atom. The van der Waals surface area contributed by atoms with Crippen molar-refractivity contribution in [2.24, 2.45) is 5.41 Å². The van der Waals surface area contributed by atoms with Gasteiger partial charge in [-0.2, -0.15) is 0 Å². The van der Waals surface area contributed by atoms with Gasteiger partial charge in [0.2, 0.25) is 0 Å². The van der Waals surface area contributed by atoms with Crippen LogP contribution in [0.3, 0.4) is 0 Å². The lowest BCUT2D eigenvalue weighted by Crippen LogP contribution is -2.45. The number of hydrogen-bond acceptors (Lipinski definition) is 3. The summed E-state index contributed by atoms with van der Waals surface area (Å²) in [5.74, 6) is -0.813. The lowest BCUT2D eigenvalue weighted by atomic mass is 9.82. The number of likely N-dealkylation sites (tertiary alicyclic amines) is 1. The number of urea groups is 1. The van der Waals surface area contributed by atoms with Crippen LogP contribution in [-0.4, -0.2) is 59.6 Å². The summed E-state index contributed by atoms with van der Waals surface area (Å²) in [6.07, 6.45) is 2.59. The number of carbonyl (C=O) groups is 2. The molecule has 2 N–H and O–H groups in total. The average molecular weight is 376 g/mol. The molecule has 1 fully saturated rings. The predicted octanol–water partition coefficient (Wildman–Crippen LogP) is 3.35. The molecule has 0 bridgehead atoms. The smallest absolute Gasteiger partial charge is 0.317 e. The molecule has 1 aromatic carbocycles. The highest BCUT2D eigenvalue weighted by Gasteiger charge is 2.30. The highest BCUT2D eigenvalue weighted by molar-refractivity contribution is 5.75. The number of rotatable bonds is 5. The largest absolute Gasteiger partial charge is 0.480 e. The van der Waals surface area contributed by atoms with Gasteiger partial charge in [0.1, 0.15) is 0 Å². The number of aliphatic carboxylic acids is 1. The lowest BCUT2D eigenvalue weighted by Gasteiger charge is -2.34. The molecule has 0 aromatic heterocycles. The van der Waals surface area contributed by atoms with Crippen LogP contribution in [0.1, 0.15) is 51.6 Å². The number of benzene rings is 1. The molecule has 1 heterocycles. The van der Waals surface area contributed by atoms with E-state index in [0.717, 1.165) is 24.8 Å². The highest BCUT2D eigenvalue weighted by Crippen LogP contribution is 2.33. The van der Waals surface area contributed by atoms with E-state index in [-0.39, 0.29) is 30.1 Å². The van der Waals surface area contributed by atoms with E-state index in [9.17, 15) is 9.59 Å². The molecule has 6 nitrogen and oxygen atoms in total. The summed E-state index contributed by atoms with van der Waals surface area (Å²) in [4.78, 5) is 27.6. The molecule has 2 amide bonds. The Kier molecular flexibility index (Phi) is 7.25. The average Bonchev–Trinajstić information content (AvgIpc) is 2.85. The molecule has 1 saturated heterocycles. The first-order valence-electron chi connectivity index (χ1n) is 9.71. The number of hydrogen-bond donors (Lipinski definition) is 2.